The number of rotatable bonds is 8. The van der Waals surface area contributed by atoms with Gasteiger partial charge in [0, 0.05) is 6.54 Å². The Hall–Kier alpha value is -2.00. The Bertz CT molecular complexity index is 578. The molecule has 3 heteroatoms. The highest BCUT2D eigenvalue weighted by Crippen LogP contribution is 2.23. The highest BCUT2D eigenvalue weighted by Gasteiger charge is 2.01. The van der Waals surface area contributed by atoms with Gasteiger partial charge in [0.2, 0.25) is 0 Å². The molecule has 0 aromatic heterocycles. The number of hydrogen-bond acceptors (Lipinski definition) is 3. The normalized spacial score (nSPS) is 10.6. The van der Waals surface area contributed by atoms with Crippen molar-refractivity contribution in [2.45, 2.75) is 33.2 Å². The van der Waals surface area contributed by atoms with Crippen LogP contribution in [0.3, 0.4) is 0 Å². The van der Waals surface area contributed by atoms with E-state index in [2.05, 4.69) is 42.6 Å². The van der Waals surface area contributed by atoms with Crippen LogP contribution in [0.15, 0.2) is 42.5 Å². The van der Waals surface area contributed by atoms with Crippen LogP contribution in [0.1, 0.15) is 30.0 Å². The van der Waals surface area contributed by atoms with Gasteiger partial charge < -0.3 is 15.8 Å². The molecule has 3 N–H and O–H groups in total. The molecule has 2 aromatic rings. The molecule has 2 rings (SSSR count). The Morgan fingerprint density at radius 2 is 1.77 bits per heavy atom. The van der Waals surface area contributed by atoms with E-state index < -0.39 is 0 Å². The van der Waals surface area contributed by atoms with Gasteiger partial charge in [-0.1, -0.05) is 35.9 Å². The number of hydrogen-bond donors (Lipinski definition) is 2. The highest BCUT2D eigenvalue weighted by molar-refractivity contribution is 5.54. The largest absolute Gasteiger partial charge is 0.492 e. The summed E-state index contributed by atoms with van der Waals surface area (Å²) in [5, 5.41) is 3.48. The van der Waals surface area contributed by atoms with Gasteiger partial charge in [-0.25, -0.2) is 0 Å². The molecule has 0 heterocycles. The summed E-state index contributed by atoms with van der Waals surface area (Å²) in [6, 6.07) is 14.7. The smallest absolute Gasteiger partial charge is 0.142 e. The second-order valence-corrected chi connectivity index (χ2v) is 5.57. The fourth-order valence-corrected chi connectivity index (χ4v) is 2.40. The summed E-state index contributed by atoms with van der Waals surface area (Å²) in [4.78, 5) is 0. The van der Waals surface area contributed by atoms with Gasteiger partial charge in [-0.3, -0.25) is 0 Å². The van der Waals surface area contributed by atoms with Crippen LogP contribution in [0.25, 0.3) is 0 Å². The van der Waals surface area contributed by atoms with Crippen LogP contribution in [0.5, 0.6) is 5.75 Å². The first-order chi connectivity index (χ1) is 10.7. The van der Waals surface area contributed by atoms with Crippen LogP contribution in [0.4, 0.5) is 5.69 Å². The lowest BCUT2D eigenvalue weighted by molar-refractivity contribution is 0.342. The van der Waals surface area contributed by atoms with Crippen LogP contribution >= 0.6 is 0 Å². The van der Waals surface area contributed by atoms with Crippen molar-refractivity contribution in [3.05, 3.63) is 59.2 Å². The fraction of sp³-hybridized carbons (Fsp3) is 0.368. The Kier molecular flexibility index (Phi) is 6.28. The number of anilines is 1. The molecule has 0 atom stereocenters. The zero-order valence-electron chi connectivity index (χ0n) is 13.6. The standard InChI is InChI=1S/C19H26N2O/c1-3-22-19-11-10-16(13-18(19)20)5-4-12-21-14-17-8-6-15(2)7-9-17/h6-11,13,21H,3-5,12,14,20H2,1-2H3. The van der Waals surface area contributed by atoms with Gasteiger partial charge in [0.25, 0.3) is 0 Å². The summed E-state index contributed by atoms with van der Waals surface area (Å²) in [6.07, 6.45) is 2.12. The number of ether oxygens (including phenoxy) is 1. The number of nitrogens with one attached hydrogen (secondary N) is 1. The van der Waals surface area contributed by atoms with Gasteiger partial charge >= 0.3 is 0 Å². The molecule has 0 saturated heterocycles. The first-order valence-corrected chi connectivity index (χ1v) is 7.96. The molecule has 3 nitrogen and oxygen atoms in total. The monoisotopic (exact) mass is 298 g/mol. The molecule has 118 valence electrons. The average Bonchev–Trinajstić information content (AvgIpc) is 2.51. The van der Waals surface area contributed by atoms with E-state index in [4.69, 9.17) is 10.5 Å². The molecule has 2 aromatic carbocycles. The van der Waals surface area contributed by atoms with E-state index in [1.807, 2.05) is 19.1 Å². The second kappa shape index (κ2) is 8.44. The van der Waals surface area contributed by atoms with Crippen LogP contribution in [0, 0.1) is 6.92 Å². The fourth-order valence-electron chi connectivity index (χ4n) is 2.40. The lowest BCUT2D eigenvalue weighted by atomic mass is 10.1. The van der Waals surface area contributed by atoms with Crippen LogP contribution in [-0.4, -0.2) is 13.2 Å². The van der Waals surface area contributed by atoms with Gasteiger partial charge in [0.05, 0.1) is 12.3 Å². The van der Waals surface area contributed by atoms with Gasteiger partial charge in [0.15, 0.2) is 0 Å². The van der Waals surface area contributed by atoms with Crippen LogP contribution in [0.2, 0.25) is 0 Å². The van der Waals surface area contributed by atoms with E-state index in [-0.39, 0.29) is 0 Å². The molecule has 0 bridgehead atoms. The Morgan fingerprint density at radius 3 is 2.45 bits per heavy atom. The highest BCUT2D eigenvalue weighted by atomic mass is 16.5. The van der Waals surface area contributed by atoms with Crippen molar-refractivity contribution in [1.82, 2.24) is 5.32 Å². The third-order valence-corrected chi connectivity index (χ3v) is 3.64. The van der Waals surface area contributed by atoms with Crippen molar-refractivity contribution in [3.63, 3.8) is 0 Å². The summed E-state index contributed by atoms with van der Waals surface area (Å²) >= 11 is 0. The van der Waals surface area contributed by atoms with Gasteiger partial charge in [-0.2, -0.15) is 0 Å². The summed E-state index contributed by atoms with van der Waals surface area (Å²) in [7, 11) is 0. The quantitative estimate of drug-likeness (QED) is 0.577. The molecule has 0 aliphatic rings. The maximum absolute atomic E-state index is 5.99. The minimum absolute atomic E-state index is 0.645. The number of nitrogens with two attached hydrogens (primary N) is 1. The number of aryl methyl sites for hydroxylation is 2. The number of benzene rings is 2. The van der Waals surface area contributed by atoms with Crippen molar-refractivity contribution in [2.75, 3.05) is 18.9 Å². The van der Waals surface area contributed by atoms with E-state index in [1.165, 1.54) is 16.7 Å². The first kappa shape index (κ1) is 16.4. The molecule has 0 amide bonds. The topological polar surface area (TPSA) is 47.3 Å². The molecular formula is C19H26N2O. The minimum Gasteiger partial charge on any atom is -0.492 e. The molecule has 0 spiro atoms. The predicted molar refractivity (Wildman–Crippen MR) is 93.2 cm³/mol. The molecule has 0 saturated carbocycles. The van der Waals surface area contributed by atoms with Crippen molar-refractivity contribution >= 4 is 5.69 Å². The lowest BCUT2D eigenvalue weighted by Gasteiger charge is -2.09. The maximum atomic E-state index is 5.99. The maximum Gasteiger partial charge on any atom is 0.142 e. The van der Waals surface area contributed by atoms with E-state index >= 15 is 0 Å². The second-order valence-electron chi connectivity index (χ2n) is 5.57. The van der Waals surface area contributed by atoms with Crippen molar-refractivity contribution in [2.24, 2.45) is 0 Å². The third kappa shape index (κ3) is 5.08. The molecule has 0 fully saturated rings. The molecule has 0 aliphatic heterocycles. The average molecular weight is 298 g/mol. The summed E-state index contributed by atoms with van der Waals surface area (Å²) < 4.78 is 5.45. The van der Waals surface area contributed by atoms with Gasteiger partial charge in [-0.05, 0) is 56.5 Å². The van der Waals surface area contributed by atoms with Crippen molar-refractivity contribution in [1.29, 1.82) is 0 Å². The lowest BCUT2D eigenvalue weighted by Crippen LogP contribution is -2.15. The SMILES string of the molecule is CCOc1ccc(CCCNCc2ccc(C)cc2)cc1N. The summed E-state index contributed by atoms with van der Waals surface area (Å²) in [5.41, 5.74) is 10.6. The van der Waals surface area contributed by atoms with E-state index in [9.17, 15) is 0 Å². The summed E-state index contributed by atoms with van der Waals surface area (Å²) in [6.45, 7) is 6.64. The first-order valence-electron chi connectivity index (χ1n) is 7.96. The van der Waals surface area contributed by atoms with Crippen LogP contribution in [-0.2, 0) is 13.0 Å². The van der Waals surface area contributed by atoms with E-state index in [1.54, 1.807) is 0 Å². The van der Waals surface area contributed by atoms with E-state index in [0.29, 0.717) is 6.61 Å². The molecule has 0 unspecified atom stereocenters. The van der Waals surface area contributed by atoms with Gasteiger partial charge in [0.1, 0.15) is 5.75 Å². The molecular weight excluding hydrogens is 272 g/mol. The van der Waals surface area contributed by atoms with E-state index in [0.717, 1.165) is 37.4 Å². The minimum atomic E-state index is 0.645. The zero-order valence-corrected chi connectivity index (χ0v) is 13.6. The Labute approximate surface area is 133 Å². The zero-order chi connectivity index (χ0) is 15.8. The third-order valence-electron chi connectivity index (χ3n) is 3.64. The molecule has 0 aliphatic carbocycles. The van der Waals surface area contributed by atoms with Crippen molar-refractivity contribution < 1.29 is 4.74 Å². The molecule has 22 heavy (non-hydrogen) atoms. The van der Waals surface area contributed by atoms with Crippen molar-refractivity contribution in [3.8, 4) is 5.75 Å². The Morgan fingerprint density at radius 1 is 1.05 bits per heavy atom. The predicted octanol–water partition coefficient (Wildman–Crippen LogP) is 3.70. The van der Waals surface area contributed by atoms with Gasteiger partial charge in [-0.15, -0.1) is 0 Å². The number of nitrogen functional groups attached to an aromatic ring is 1. The van der Waals surface area contributed by atoms with Crippen LogP contribution < -0.4 is 15.8 Å². The molecule has 0 radical (unpaired) electrons. The summed E-state index contributed by atoms with van der Waals surface area (Å²) in [5.74, 6) is 0.781. The Balaban J connectivity index is 1.70.